The fourth-order valence-electron chi connectivity index (χ4n) is 2.58. The van der Waals surface area contributed by atoms with E-state index in [-0.39, 0.29) is 17.7 Å². The molecule has 1 atom stereocenters. The Bertz CT molecular complexity index is 781. The van der Waals surface area contributed by atoms with Crippen LogP contribution in [0.15, 0.2) is 36.4 Å². The fourth-order valence-corrected chi connectivity index (χ4v) is 2.58. The summed E-state index contributed by atoms with van der Waals surface area (Å²) in [7, 11) is 0. The average Bonchev–Trinajstić information content (AvgIpc) is 2.77. The number of hydrogen-bond donors (Lipinski definition) is 2. The van der Waals surface area contributed by atoms with E-state index in [1.807, 2.05) is 51.1 Å². The van der Waals surface area contributed by atoms with Gasteiger partial charge in [0, 0.05) is 16.9 Å². The Morgan fingerprint density at radius 3 is 2.59 bits per heavy atom. The first-order chi connectivity index (χ1) is 10.5. The van der Waals surface area contributed by atoms with E-state index in [0.29, 0.717) is 11.3 Å². The van der Waals surface area contributed by atoms with Crippen molar-refractivity contribution in [2.45, 2.75) is 26.7 Å². The SMILES string of the molecule is Cc1ccc(C(=O)Nc2ccc3c(c2)C(C)C(=O)N3)cc1C. The van der Waals surface area contributed by atoms with Gasteiger partial charge >= 0.3 is 0 Å². The van der Waals surface area contributed by atoms with Crippen molar-refractivity contribution in [1.82, 2.24) is 0 Å². The predicted octanol–water partition coefficient (Wildman–Crippen LogP) is 3.61. The largest absolute Gasteiger partial charge is 0.325 e. The number of benzene rings is 2. The monoisotopic (exact) mass is 294 g/mol. The lowest BCUT2D eigenvalue weighted by Gasteiger charge is -2.09. The van der Waals surface area contributed by atoms with Crippen molar-refractivity contribution in [3.63, 3.8) is 0 Å². The second kappa shape index (κ2) is 5.30. The van der Waals surface area contributed by atoms with Crippen molar-refractivity contribution in [3.8, 4) is 0 Å². The number of hydrogen-bond acceptors (Lipinski definition) is 2. The molecule has 4 nitrogen and oxygen atoms in total. The van der Waals surface area contributed by atoms with Crippen LogP contribution in [0.1, 0.15) is 39.9 Å². The molecule has 0 saturated carbocycles. The summed E-state index contributed by atoms with van der Waals surface area (Å²) in [6, 6.07) is 11.1. The molecule has 0 radical (unpaired) electrons. The molecule has 0 fully saturated rings. The van der Waals surface area contributed by atoms with E-state index < -0.39 is 0 Å². The third kappa shape index (κ3) is 2.48. The molecule has 2 amide bonds. The molecule has 2 aromatic carbocycles. The van der Waals surface area contributed by atoms with E-state index in [4.69, 9.17) is 0 Å². The van der Waals surface area contributed by atoms with E-state index in [0.717, 1.165) is 22.4 Å². The smallest absolute Gasteiger partial charge is 0.255 e. The number of carbonyl (C=O) groups is 2. The number of aryl methyl sites for hydroxylation is 2. The van der Waals surface area contributed by atoms with Crippen molar-refractivity contribution in [1.29, 1.82) is 0 Å². The van der Waals surface area contributed by atoms with Gasteiger partial charge in [0.15, 0.2) is 0 Å². The Morgan fingerprint density at radius 2 is 1.86 bits per heavy atom. The summed E-state index contributed by atoms with van der Waals surface area (Å²) >= 11 is 0. The molecule has 112 valence electrons. The molecule has 0 bridgehead atoms. The van der Waals surface area contributed by atoms with Gasteiger partial charge in [0.2, 0.25) is 5.91 Å². The standard InChI is InChI=1S/C18H18N2O2/c1-10-4-5-13(8-11(10)2)18(22)19-14-6-7-16-15(9-14)12(3)17(21)20-16/h4-9,12H,1-3H3,(H,19,22)(H,20,21). The zero-order valence-corrected chi connectivity index (χ0v) is 12.9. The molecule has 0 saturated heterocycles. The summed E-state index contributed by atoms with van der Waals surface area (Å²) in [5, 5.41) is 5.71. The lowest BCUT2D eigenvalue weighted by atomic mass is 10.0. The molecule has 0 aliphatic carbocycles. The van der Waals surface area contributed by atoms with Crippen LogP contribution >= 0.6 is 0 Å². The number of fused-ring (bicyclic) bond motifs is 1. The van der Waals surface area contributed by atoms with Crippen LogP contribution in [-0.4, -0.2) is 11.8 Å². The van der Waals surface area contributed by atoms with E-state index in [9.17, 15) is 9.59 Å². The molecule has 1 heterocycles. The lowest BCUT2D eigenvalue weighted by Crippen LogP contribution is -2.12. The van der Waals surface area contributed by atoms with Crippen LogP contribution in [0.4, 0.5) is 11.4 Å². The molecule has 2 N–H and O–H groups in total. The Hall–Kier alpha value is -2.62. The van der Waals surface area contributed by atoms with Crippen molar-refractivity contribution in [2.75, 3.05) is 10.6 Å². The van der Waals surface area contributed by atoms with Gasteiger partial charge in [0.25, 0.3) is 5.91 Å². The van der Waals surface area contributed by atoms with Gasteiger partial charge in [-0.1, -0.05) is 6.07 Å². The van der Waals surface area contributed by atoms with Gasteiger partial charge in [-0.05, 0) is 67.8 Å². The minimum atomic E-state index is -0.187. The van der Waals surface area contributed by atoms with Crippen molar-refractivity contribution in [2.24, 2.45) is 0 Å². The van der Waals surface area contributed by atoms with Gasteiger partial charge in [-0.3, -0.25) is 9.59 Å². The first-order valence-electron chi connectivity index (χ1n) is 7.29. The first-order valence-corrected chi connectivity index (χ1v) is 7.29. The summed E-state index contributed by atoms with van der Waals surface area (Å²) in [4.78, 5) is 24.0. The number of anilines is 2. The normalized spacial score (nSPS) is 16.1. The van der Waals surface area contributed by atoms with E-state index in [1.54, 1.807) is 6.07 Å². The van der Waals surface area contributed by atoms with Gasteiger partial charge in [-0.15, -0.1) is 0 Å². The maximum Gasteiger partial charge on any atom is 0.255 e. The van der Waals surface area contributed by atoms with Crippen LogP contribution in [0.3, 0.4) is 0 Å². The number of amides is 2. The van der Waals surface area contributed by atoms with Crippen molar-refractivity contribution >= 4 is 23.2 Å². The summed E-state index contributed by atoms with van der Waals surface area (Å²) in [5.74, 6) is -0.339. The molecule has 3 rings (SSSR count). The molecule has 4 heteroatoms. The van der Waals surface area contributed by atoms with Crippen LogP contribution in [0.25, 0.3) is 0 Å². The first kappa shape index (κ1) is 14.3. The molecule has 1 aliphatic heterocycles. The Balaban J connectivity index is 1.83. The fraction of sp³-hybridized carbons (Fsp3) is 0.222. The summed E-state index contributed by atoms with van der Waals surface area (Å²) in [6.45, 7) is 5.86. The highest BCUT2D eigenvalue weighted by atomic mass is 16.2. The zero-order chi connectivity index (χ0) is 15.9. The summed E-state index contributed by atoms with van der Waals surface area (Å²) < 4.78 is 0. The number of rotatable bonds is 2. The molecule has 0 spiro atoms. The topological polar surface area (TPSA) is 58.2 Å². The predicted molar refractivity (Wildman–Crippen MR) is 87.4 cm³/mol. The van der Waals surface area contributed by atoms with Gasteiger partial charge in [-0.2, -0.15) is 0 Å². The third-order valence-corrected chi connectivity index (χ3v) is 4.20. The van der Waals surface area contributed by atoms with E-state index >= 15 is 0 Å². The van der Waals surface area contributed by atoms with E-state index in [1.165, 1.54) is 0 Å². The number of carbonyl (C=O) groups excluding carboxylic acids is 2. The second-order valence-corrected chi connectivity index (χ2v) is 5.77. The van der Waals surface area contributed by atoms with Gasteiger partial charge < -0.3 is 10.6 Å². The highest BCUT2D eigenvalue weighted by Crippen LogP contribution is 2.34. The Morgan fingerprint density at radius 1 is 1.09 bits per heavy atom. The summed E-state index contributed by atoms with van der Waals surface area (Å²) in [5.41, 5.74) is 5.32. The number of nitrogens with one attached hydrogen (secondary N) is 2. The minimum Gasteiger partial charge on any atom is -0.325 e. The van der Waals surface area contributed by atoms with Crippen LogP contribution in [0, 0.1) is 13.8 Å². The molecule has 22 heavy (non-hydrogen) atoms. The highest BCUT2D eigenvalue weighted by molar-refractivity contribution is 6.06. The second-order valence-electron chi connectivity index (χ2n) is 5.77. The molecule has 0 aromatic heterocycles. The molecular weight excluding hydrogens is 276 g/mol. The molecular formula is C18H18N2O2. The van der Waals surface area contributed by atoms with E-state index in [2.05, 4.69) is 10.6 Å². The average molecular weight is 294 g/mol. The minimum absolute atomic E-state index is 0.00682. The van der Waals surface area contributed by atoms with Crippen LogP contribution in [0.2, 0.25) is 0 Å². The molecule has 1 unspecified atom stereocenters. The Labute approximate surface area is 129 Å². The maximum absolute atomic E-state index is 12.3. The van der Waals surface area contributed by atoms with Crippen molar-refractivity contribution in [3.05, 3.63) is 58.7 Å². The van der Waals surface area contributed by atoms with Crippen molar-refractivity contribution < 1.29 is 9.59 Å². The molecule has 1 aliphatic rings. The van der Waals surface area contributed by atoms with Crippen LogP contribution in [-0.2, 0) is 4.79 Å². The quantitative estimate of drug-likeness (QED) is 0.889. The highest BCUT2D eigenvalue weighted by Gasteiger charge is 2.26. The lowest BCUT2D eigenvalue weighted by molar-refractivity contribution is -0.116. The van der Waals surface area contributed by atoms with Gasteiger partial charge in [0.1, 0.15) is 0 Å². The van der Waals surface area contributed by atoms with Gasteiger partial charge in [-0.25, -0.2) is 0 Å². The van der Waals surface area contributed by atoms with Crippen LogP contribution in [0.5, 0.6) is 0 Å². The van der Waals surface area contributed by atoms with Crippen LogP contribution < -0.4 is 10.6 Å². The maximum atomic E-state index is 12.3. The molecule has 2 aromatic rings. The third-order valence-electron chi connectivity index (χ3n) is 4.20. The zero-order valence-electron chi connectivity index (χ0n) is 12.9. The van der Waals surface area contributed by atoms with Gasteiger partial charge in [0.05, 0.1) is 5.92 Å². The summed E-state index contributed by atoms with van der Waals surface area (Å²) in [6.07, 6.45) is 0. The Kier molecular flexibility index (Phi) is 3.45.